The number of ether oxygens (including phenoxy) is 13. The molecule has 0 radical (unpaired) electrons. The molecule has 0 aromatic heterocycles. The highest BCUT2D eigenvalue weighted by Crippen LogP contribution is 2.29. The van der Waals surface area contributed by atoms with E-state index in [1.165, 1.54) is 0 Å². The number of amides is 11. The summed E-state index contributed by atoms with van der Waals surface area (Å²) in [6.07, 6.45) is -49.7. The Hall–Kier alpha value is -7.88. The molecular formula is C87H153N13O49. The lowest BCUT2D eigenvalue weighted by molar-refractivity contribution is -0.300. The lowest BCUT2D eigenvalue weighted by Gasteiger charge is -2.39. The molecule has 33 atom stereocenters. The fourth-order valence-corrected chi connectivity index (χ4v) is 16.0. The van der Waals surface area contributed by atoms with Crippen molar-refractivity contribution in [3.8, 4) is 0 Å². The van der Waals surface area contributed by atoms with Gasteiger partial charge in [-0.3, -0.25) is 67.3 Å². The van der Waals surface area contributed by atoms with Gasteiger partial charge in [-0.05, 0) is 63.7 Å². The van der Waals surface area contributed by atoms with Gasteiger partial charge in [-0.1, -0.05) is 13.8 Å². The topological polar surface area (TPSA) is 949 Å². The fraction of sp³-hybridized carbons (Fsp3) is 0.862. The first-order chi connectivity index (χ1) is 70.9. The molecule has 860 valence electrons. The van der Waals surface area contributed by atoms with Gasteiger partial charge in [0, 0.05) is 65.2 Å². The third-order valence-corrected chi connectivity index (χ3v) is 24.5. The van der Waals surface area contributed by atoms with Crippen molar-refractivity contribution in [1.82, 2.24) is 68.3 Å². The second kappa shape index (κ2) is 68.4. The van der Waals surface area contributed by atoms with Crippen LogP contribution in [0.15, 0.2) is 0 Å². The molecule has 0 aromatic carbocycles. The quantitative estimate of drug-likeness (QED) is 0.0199. The third-order valence-electron chi connectivity index (χ3n) is 24.5. The maximum atomic E-state index is 14.4. The number of carbonyl (C=O) groups excluding carboxylic acids is 12. The molecule has 6 aliphatic heterocycles. The Kier molecular flexibility index (Phi) is 59.6. The van der Waals surface area contributed by atoms with Crippen molar-refractivity contribution in [3.63, 3.8) is 0 Å². The number of unbranched alkanes of at least 4 members (excludes halogenated alkanes) is 3. The van der Waals surface area contributed by atoms with Crippen LogP contribution in [0.4, 0.5) is 0 Å². The molecule has 149 heavy (non-hydrogen) atoms. The number of hydrogen-bond donors (Lipinski definition) is 35. The maximum Gasteiger partial charge on any atom is 0.305 e. The standard InChI is InChI=1S/C87H153N13O49/c1-42(2)29-43(79(134)93-15-8-6-10-45(81(136)95-21-28-143-87-78(133)72(127)66(121)51(41-106)149-87)100(34-58(113)91-18-25-140-84-75(130)69(124)63(118)48(38-103)146-84)35-59(114)92-19-26-141-85-76(131)70(125)64(119)49(39-104)147-85)98-55(110)31-97-54(109)30-96-52(107)11-3-4-12-60(115)137-22-13-53(108)88-14-7-5-9-44(80(135)94-20-27-142-86-77(132)71(126)65(120)50(40-105)148-86)99(32-56(111)89-16-23-138-82-73(128)67(122)61(116)46(36-101)144-82)33-57(112)90-17-24-139-83-74(129)68(123)62(117)47(37-102)145-83/h42-51,61-78,82-87,101-106,116-133H,3-41H2,1-2H3,(H,88,108)(H,89,111)(H,90,112)(H,91,113)(H,92,114)(H,93,134)(H,94,135)(H,95,136)(H,96,107)(H,97,109)(H,98,110)/t43?,44-,45?,46+,47+,48+,49+,50+,51+,61+,62+,63+,64+,65+,66+,67-,68-,69-,70-,71-,72-,73+,74+,75+,76+,77+,78+,82-,83-,84-,85-,86-,87-/m0/s1. The Morgan fingerprint density at radius 2 is 0.517 bits per heavy atom. The number of nitrogens with one attached hydrogen (secondary N) is 11. The van der Waals surface area contributed by atoms with Gasteiger partial charge < -0.3 is 243 Å². The van der Waals surface area contributed by atoms with Gasteiger partial charge in [0.25, 0.3) is 0 Å². The summed E-state index contributed by atoms with van der Waals surface area (Å²) in [5.74, 6) is -9.39. The summed E-state index contributed by atoms with van der Waals surface area (Å²) in [4.78, 5) is 165. The zero-order valence-corrected chi connectivity index (χ0v) is 82.5. The van der Waals surface area contributed by atoms with Crippen molar-refractivity contribution in [2.45, 2.75) is 293 Å². The van der Waals surface area contributed by atoms with Crippen LogP contribution in [0.3, 0.4) is 0 Å². The Morgan fingerprint density at radius 3 is 0.812 bits per heavy atom. The van der Waals surface area contributed by atoms with E-state index in [0.29, 0.717) is 0 Å². The minimum absolute atomic E-state index is 0.0313. The lowest BCUT2D eigenvalue weighted by Crippen LogP contribution is -2.59. The Balaban J connectivity index is 0.966. The van der Waals surface area contributed by atoms with Crippen LogP contribution >= 0.6 is 0 Å². The van der Waals surface area contributed by atoms with Gasteiger partial charge in [-0.25, -0.2) is 0 Å². The van der Waals surface area contributed by atoms with Gasteiger partial charge in [-0.15, -0.1) is 0 Å². The van der Waals surface area contributed by atoms with Gasteiger partial charge in [-0.2, -0.15) is 0 Å². The van der Waals surface area contributed by atoms with Crippen LogP contribution in [0.1, 0.15) is 90.9 Å². The van der Waals surface area contributed by atoms with Gasteiger partial charge in [0.1, 0.15) is 159 Å². The van der Waals surface area contributed by atoms with Crippen LogP contribution in [-0.2, 0) is 119 Å². The van der Waals surface area contributed by atoms with Gasteiger partial charge >= 0.3 is 5.97 Å². The predicted octanol–water partition coefficient (Wildman–Crippen LogP) is -21.2. The molecular weight excluding hydrogens is 2010 g/mol. The molecule has 6 heterocycles. The monoisotopic (exact) mass is 2160 g/mol. The van der Waals surface area contributed by atoms with Crippen molar-refractivity contribution in [2.24, 2.45) is 5.92 Å². The molecule has 6 saturated heterocycles. The van der Waals surface area contributed by atoms with E-state index in [1.807, 2.05) is 0 Å². The van der Waals surface area contributed by atoms with Crippen LogP contribution in [0, 0.1) is 5.92 Å². The summed E-state index contributed by atoms with van der Waals surface area (Å²) >= 11 is 0. The van der Waals surface area contributed by atoms with Crippen LogP contribution in [0.25, 0.3) is 0 Å². The molecule has 6 fully saturated rings. The molecule has 0 saturated carbocycles. The number of esters is 1. The molecule has 35 N–H and O–H groups in total. The fourth-order valence-electron chi connectivity index (χ4n) is 16.0. The Morgan fingerprint density at radius 1 is 0.262 bits per heavy atom. The second-order valence-electron chi connectivity index (χ2n) is 36.3. The van der Waals surface area contributed by atoms with Crippen LogP contribution in [0.5, 0.6) is 0 Å². The van der Waals surface area contributed by atoms with E-state index < -0.39 is 392 Å². The third kappa shape index (κ3) is 43.1. The molecule has 62 heteroatoms. The zero-order chi connectivity index (χ0) is 110. The average Bonchev–Trinajstić information content (AvgIpc) is 0.833. The summed E-state index contributed by atoms with van der Waals surface area (Å²) in [6, 6.07) is -3.98. The normalized spacial score (nSPS) is 30.7. The number of rotatable bonds is 68. The molecule has 6 aliphatic rings. The second-order valence-corrected chi connectivity index (χ2v) is 36.3. The van der Waals surface area contributed by atoms with Crippen LogP contribution in [-0.4, -0.2) is 583 Å². The Bertz CT molecular complexity index is 3870. The average molecular weight is 2170 g/mol. The van der Waals surface area contributed by atoms with Crippen molar-refractivity contribution < 1.29 is 242 Å². The van der Waals surface area contributed by atoms with Crippen LogP contribution < -0.4 is 58.5 Å². The van der Waals surface area contributed by atoms with E-state index in [9.17, 15) is 180 Å². The first kappa shape index (κ1) is 130. The number of aliphatic hydroxyl groups excluding tert-OH is 24. The minimum Gasteiger partial charge on any atom is -0.465 e. The SMILES string of the molecule is CC(C)CC(NC(=O)CNC(=O)CNC(=O)CCCCC(=O)OCCC(=O)NCCCC[C@@H](C(=O)NCCO[C@H]1O[C@H](CO)[C@@H](O)[C@H](O)[C@H]1O)N(CC(=O)NCCO[C@H]1O[C@H](CO)[C@@H](O)[C@H](O)[C@H]1O)CC(=O)NCCO[C@H]1O[C@H](CO)[C@@H](O)[C@H](O)[C@H]1O)C(=O)NCCCCC(C(=O)NCCO[C@H]1O[C@H](CO)[C@@H](O)[C@H](O)[C@H]1O)N(CC(=O)NCCO[C@H]1O[C@H](CO)[C@@H](O)[C@H](O)[C@H]1O)CC(=O)NCCO[C@H]1O[C@H](CO)[C@@H](O)[C@H](O)[C@H]1O. The largest absolute Gasteiger partial charge is 0.465 e. The summed E-state index contributed by atoms with van der Waals surface area (Å²) in [6.45, 7) is -10.3. The minimum atomic E-state index is -1.82. The predicted molar refractivity (Wildman–Crippen MR) is 492 cm³/mol. The van der Waals surface area contributed by atoms with E-state index in [2.05, 4.69) is 58.5 Å². The van der Waals surface area contributed by atoms with Crippen molar-refractivity contribution in [3.05, 3.63) is 0 Å². The number of aliphatic hydroxyl groups is 24. The van der Waals surface area contributed by atoms with Crippen molar-refractivity contribution in [2.75, 3.05) is 178 Å². The Labute approximate surface area is 854 Å². The summed E-state index contributed by atoms with van der Waals surface area (Å²) in [7, 11) is 0. The highest BCUT2D eigenvalue weighted by molar-refractivity contribution is 5.92. The molecule has 0 aromatic rings. The molecule has 0 bridgehead atoms. The van der Waals surface area contributed by atoms with E-state index >= 15 is 0 Å². The maximum absolute atomic E-state index is 14.4. The summed E-state index contributed by atoms with van der Waals surface area (Å²) in [5, 5.41) is 271. The van der Waals surface area contributed by atoms with Gasteiger partial charge in [0.2, 0.25) is 65.0 Å². The first-order valence-corrected chi connectivity index (χ1v) is 49.1. The van der Waals surface area contributed by atoms with Gasteiger partial charge in [0.05, 0.1) is 137 Å². The number of carbonyl (C=O) groups is 12. The molecule has 6 rings (SSSR count). The summed E-state index contributed by atoms with van der Waals surface area (Å²) in [5.41, 5.74) is 0. The number of nitrogens with zero attached hydrogens (tertiary/aromatic N) is 2. The zero-order valence-electron chi connectivity index (χ0n) is 82.5. The molecule has 62 nitrogen and oxygen atoms in total. The van der Waals surface area contributed by atoms with E-state index in [1.54, 1.807) is 13.8 Å². The molecule has 2 unspecified atom stereocenters. The first-order valence-electron chi connectivity index (χ1n) is 49.1. The summed E-state index contributed by atoms with van der Waals surface area (Å²) < 4.78 is 70.3. The van der Waals surface area contributed by atoms with Crippen LogP contribution in [0.2, 0.25) is 0 Å². The lowest BCUT2D eigenvalue weighted by atomic mass is 9.99. The molecule has 0 spiro atoms. The molecule has 11 amide bonds. The molecule has 0 aliphatic carbocycles. The van der Waals surface area contributed by atoms with E-state index in [-0.39, 0.29) is 142 Å². The van der Waals surface area contributed by atoms with E-state index in [4.69, 9.17) is 61.6 Å². The van der Waals surface area contributed by atoms with Crippen molar-refractivity contribution in [1.29, 1.82) is 0 Å². The highest BCUT2D eigenvalue weighted by atomic mass is 16.7. The van der Waals surface area contributed by atoms with E-state index in [0.717, 1.165) is 9.80 Å². The van der Waals surface area contributed by atoms with Gasteiger partial charge in [0.15, 0.2) is 37.7 Å². The smallest absolute Gasteiger partial charge is 0.305 e. The highest BCUT2D eigenvalue weighted by Gasteiger charge is 2.51. The van der Waals surface area contributed by atoms with Crippen molar-refractivity contribution >= 4 is 70.9 Å². The number of hydrogen-bond acceptors (Lipinski definition) is 51.